The molecule has 96 valence electrons. The summed E-state index contributed by atoms with van der Waals surface area (Å²) >= 11 is 5.98. The summed E-state index contributed by atoms with van der Waals surface area (Å²) in [5.41, 5.74) is 1.02. The first kappa shape index (κ1) is 12.6. The van der Waals surface area contributed by atoms with E-state index in [1.807, 2.05) is 19.3 Å². The highest BCUT2D eigenvalue weighted by Gasteiger charge is 2.05. The van der Waals surface area contributed by atoms with E-state index in [1.54, 1.807) is 4.68 Å². The van der Waals surface area contributed by atoms with Crippen LogP contribution < -0.4 is 10.1 Å². The monoisotopic (exact) mass is 267 g/mol. The Morgan fingerprint density at radius 2 is 2.33 bits per heavy atom. The number of aromatic nitrogens is 4. The number of halogens is 1. The van der Waals surface area contributed by atoms with E-state index < -0.39 is 0 Å². The number of hydrogen-bond acceptors (Lipinski definition) is 5. The van der Waals surface area contributed by atoms with Crippen LogP contribution in [0.5, 0.6) is 6.01 Å². The number of nitrogens with zero attached hydrogens (tertiary/aromatic N) is 4. The van der Waals surface area contributed by atoms with Gasteiger partial charge in [-0.15, -0.1) is 0 Å². The molecule has 0 spiro atoms. The zero-order chi connectivity index (χ0) is 13.0. The molecule has 2 heterocycles. The molecule has 0 fully saturated rings. The minimum Gasteiger partial charge on any atom is -0.467 e. The van der Waals surface area contributed by atoms with Crippen LogP contribution in [0.3, 0.4) is 0 Å². The van der Waals surface area contributed by atoms with Gasteiger partial charge in [-0.1, -0.05) is 11.6 Å². The molecule has 0 unspecified atom stereocenters. The van der Waals surface area contributed by atoms with Crippen molar-refractivity contribution >= 4 is 17.4 Å². The second kappa shape index (κ2) is 5.68. The molecular formula is C11H14ClN5O. The molecular weight excluding hydrogens is 254 g/mol. The summed E-state index contributed by atoms with van der Waals surface area (Å²) in [7, 11) is 3.41. The Labute approximate surface area is 110 Å². The van der Waals surface area contributed by atoms with Crippen LogP contribution in [0.15, 0.2) is 18.5 Å². The largest absolute Gasteiger partial charge is 0.467 e. The van der Waals surface area contributed by atoms with E-state index in [4.69, 9.17) is 16.3 Å². The Morgan fingerprint density at radius 1 is 1.50 bits per heavy atom. The van der Waals surface area contributed by atoms with Crippen LogP contribution in [0.2, 0.25) is 5.02 Å². The lowest BCUT2D eigenvalue weighted by Gasteiger charge is -2.07. The molecule has 0 aromatic carbocycles. The minimum absolute atomic E-state index is 0.291. The van der Waals surface area contributed by atoms with E-state index in [1.165, 1.54) is 13.3 Å². The zero-order valence-electron chi connectivity index (χ0n) is 10.2. The third-order valence-corrected chi connectivity index (χ3v) is 2.62. The molecule has 0 amide bonds. The third kappa shape index (κ3) is 3.10. The first-order valence-corrected chi connectivity index (χ1v) is 5.86. The highest BCUT2D eigenvalue weighted by molar-refractivity contribution is 6.32. The molecule has 0 saturated heterocycles. The van der Waals surface area contributed by atoms with Crippen LogP contribution in [0, 0.1) is 0 Å². The number of methoxy groups -OCH3 is 1. The SMILES string of the molecule is COc1ncc(Cl)c(NCCc2ccn(C)n2)n1. The van der Waals surface area contributed by atoms with Crippen LogP contribution in [0.1, 0.15) is 5.69 Å². The maximum absolute atomic E-state index is 5.98. The van der Waals surface area contributed by atoms with Crippen LogP contribution in [0.4, 0.5) is 5.82 Å². The van der Waals surface area contributed by atoms with Crippen molar-refractivity contribution in [2.24, 2.45) is 7.05 Å². The average Bonchev–Trinajstić information content (AvgIpc) is 2.77. The van der Waals surface area contributed by atoms with Crippen molar-refractivity contribution in [1.29, 1.82) is 0 Å². The van der Waals surface area contributed by atoms with E-state index in [0.29, 0.717) is 23.4 Å². The fourth-order valence-corrected chi connectivity index (χ4v) is 1.64. The van der Waals surface area contributed by atoms with Crippen molar-refractivity contribution < 1.29 is 4.74 Å². The molecule has 0 atom stereocenters. The summed E-state index contributed by atoms with van der Waals surface area (Å²) in [5, 5.41) is 7.89. The number of aryl methyl sites for hydroxylation is 1. The second-order valence-electron chi connectivity index (χ2n) is 3.71. The van der Waals surface area contributed by atoms with Gasteiger partial charge in [0.1, 0.15) is 5.02 Å². The van der Waals surface area contributed by atoms with Crippen molar-refractivity contribution in [2.45, 2.75) is 6.42 Å². The van der Waals surface area contributed by atoms with Gasteiger partial charge in [0.2, 0.25) is 0 Å². The molecule has 0 bridgehead atoms. The summed E-state index contributed by atoms with van der Waals surface area (Å²) in [5.74, 6) is 0.569. The Kier molecular flexibility index (Phi) is 3.99. The molecule has 0 aliphatic heterocycles. The fraction of sp³-hybridized carbons (Fsp3) is 0.364. The molecule has 1 N–H and O–H groups in total. The molecule has 0 aliphatic carbocycles. The number of ether oxygens (including phenoxy) is 1. The minimum atomic E-state index is 0.291. The van der Waals surface area contributed by atoms with E-state index in [2.05, 4.69) is 20.4 Å². The predicted octanol–water partition coefficient (Wildman–Crippen LogP) is 1.53. The molecule has 2 aromatic rings. The quantitative estimate of drug-likeness (QED) is 0.890. The Bertz CT molecular complexity index is 528. The van der Waals surface area contributed by atoms with Crippen molar-refractivity contribution in [2.75, 3.05) is 19.0 Å². The van der Waals surface area contributed by atoms with Gasteiger partial charge in [0, 0.05) is 26.2 Å². The molecule has 0 aliphatic rings. The molecule has 0 saturated carbocycles. The lowest BCUT2D eigenvalue weighted by atomic mass is 10.3. The second-order valence-corrected chi connectivity index (χ2v) is 4.12. The first-order chi connectivity index (χ1) is 8.69. The maximum Gasteiger partial charge on any atom is 0.318 e. The van der Waals surface area contributed by atoms with Gasteiger partial charge < -0.3 is 10.1 Å². The van der Waals surface area contributed by atoms with Crippen molar-refractivity contribution in [1.82, 2.24) is 19.7 Å². The topological polar surface area (TPSA) is 64.9 Å². The summed E-state index contributed by atoms with van der Waals surface area (Å²) in [4.78, 5) is 8.03. The van der Waals surface area contributed by atoms with Gasteiger partial charge in [0.15, 0.2) is 5.82 Å². The van der Waals surface area contributed by atoms with Crippen LogP contribution in [-0.4, -0.2) is 33.4 Å². The molecule has 0 radical (unpaired) electrons. The number of anilines is 1. The van der Waals surface area contributed by atoms with Gasteiger partial charge in [-0.2, -0.15) is 10.1 Å². The molecule has 7 heteroatoms. The number of nitrogens with one attached hydrogen (secondary N) is 1. The molecule has 18 heavy (non-hydrogen) atoms. The van der Waals surface area contributed by atoms with Crippen LogP contribution in [0.25, 0.3) is 0 Å². The first-order valence-electron chi connectivity index (χ1n) is 5.48. The normalized spacial score (nSPS) is 10.4. The van der Waals surface area contributed by atoms with Crippen molar-refractivity contribution in [3.63, 3.8) is 0 Å². The van der Waals surface area contributed by atoms with E-state index in [-0.39, 0.29) is 0 Å². The molecule has 2 rings (SSSR count). The average molecular weight is 268 g/mol. The Morgan fingerprint density at radius 3 is 3.00 bits per heavy atom. The van der Waals surface area contributed by atoms with E-state index in [9.17, 15) is 0 Å². The van der Waals surface area contributed by atoms with E-state index in [0.717, 1.165) is 12.1 Å². The molecule has 6 nitrogen and oxygen atoms in total. The Hall–Kier alpha value is -1.82. The summed E-state index contributed by atoms with van der Waals surface area (Å²) in [6.45, 7) is 0.691. The predicted molar refractivity (Wildman–Crippen MR) is 69.0 cm³/mol. The van der Waals surface area contributed by atoms with Gasteiger partial charge in [-0.05, 0) is 6.07 Å². The van der Waals surface area contributed by atoms with Crippen molar-refractivity contribution in [3.05, 3.63) is 29.2 Å². The van der Waals surface area contributed by atoms with Crippen molar-refractivity contribution in [3.8, 4) is 6.01 Å². The zero-order valence-corrected chi connectivity index (χ0v) is 11.0. The Balaban J connectivity index is 1.93. The summed E-state index contributed by atoms with van der Waals surface area (Å²) < 4.78 is 6.72. The van der Waals surface area contributed by atoms with Crippen LogP contribution >= 0.6 is 11.6 Å². The summed E-state index contributed by atoms with van der Waals surface area (Å²) in [6, 6.07) is 2.27. The highest BCUT2D eigenvalue weighted by atomic mass is 35.5. The van der Waals surface area contributed by atoms with E-state index >= 15 is 0 Å². The molecule has 2 aromatic heterocycles. The van der Waals surface area contributed by atoms with Gasteiger partial charge >= 0.3 is 6.01 Å². The lowest BCUT2D eigenvalue weighted by molar-refractivity contribution is 0.380. The fourth-order valence-electron chi connectivity index (χ4n) is 1.48. The number of hydrogen-bond donors (Lipinski definition) is 1. The third-order valence-electron chi connectivity index (χ3n) is 2.35. The van der Waals surface area contributed by atoms with Gasteiger partial charge in [-0.3, -0.25) is 4.68 Å². The highest BCUT2D eigenvalue weighted by Crippen LogP contribution is 2.19. The van der Waals surface area contributed by atoms with Gasteiger partial charge in [0.05, 0.1) is 19.0 Å². The van der Waals surface area contributed by atoms with Crippen LogP contribution in [-0.2, 0) is 13.5 Å². The van der Waals surface area contributed by atoms with Gasteiger partial charge in [0.25, 0.3) is 0 Å². The maximum atomic E-state index is 5.98. The van der Waals surface area contributed by atoms with Gasteiger partial charge in [-0.25, -0.2) is 4.98 Å². The number of rotatable bonds is 5. The lowest BCUT2D eigenvalue weighted by Crippen LogP contribution is -2.08. The standard InChI is InChI=1S/C11H14ClN5O/c1-17-6-4-8(16-17)3-5-13-10-9(12)7-14-11(15-10)18-2/h4,6-7H,3,5H2,1-2H3,(H,13,14,15). The smallest absolute Gasteiger partial charge is 0.318 e. The summed E-state index contributed by atoms with van der Waals surface area (Å²) in [6.07, 6.45) is 4.22.